The number of hydrogen-bond donors (Lipinski definition) is 2. The van der Waals surface area contributed by atoms with Crippen molar-refractivity contribution in [2.75, 3.05) is 32.8 Å². The van der Waals surface area contributed by atoms with Crippen LogP contribution in [0.1, 0.15) is 11.3 Å². The summed E-state index contributed by atoms with van der Waals surface area (Å²) in [7, 11) is 0. The molecule has 1 aliphatic heterocycles. The van der Waals surface area contributed by atoms with Crippen molar-refractivity contribution in [1.82, 2.24) is 9.80 Å². The summed E-state index contributed by atoms with van der Waals surface area (Å²) in [4.78, 5) is 16.8. The number of primary amides is 1. The number of aliphatic hydroxyl groups is 1. The highest BCUT2D eigenvalue weighted by Gasteiger charge is 2.27. The molecule has 6 heteroatoms. The van der Waals surface area contributed by atoms with Gasteiger partial charge in [0.15, 0.2) is 0 Å². The first-order chi connectivity index (χ1) is 9.19. The smallest absolute Gasteiger partial charge is 0.231 e. The highest BCUT2D eigenvalue weighted by molar-refractivity contribution is 7.09. The third-order valence-corrected chi connectivity index (χ3v) is 4.33. The van der Waals surface area contributed by atoms with E-state index in [-0.39, 0.29) is 12.5 Å². The zero-order chi connectivity index (χ0) is 13.7. The van der Waals surface area contributed by atoms with Gasteiger partial charge in [-0.05, 0) is 17.9 Å². The Labute approximate surface area is 117 Å². The minimum atomic E-state index is -0.283. The molecule has 2 rings (SSSR count). The van der Waals surface area contributed by atoms with Gasteiger partial charge in [0.1, 0.15) is 0 Å². The molecule has 1 atom stereocenters. The standard InChI is InChI=1S/C13H21N3O2S/c14-13(18)10-15-4-5-16(11(8-15)3-6-17)9-12-2-1-7-19-12/h1-2,7,11,17H,3-6,8-10H2,(H2,14,18)/t11-/m1/s1. The second-order valence-corrected chi connectivity index (χ2v) is 5.95. The summed E-state index contributed by atoms with van der Waals surface area (Å²) in [5.74, 6) is -0.283. The average molecular weight is 283 g/mol. The summed E-state index contributed by atoms with van der Waals surface area (Å²) in [5.41, 5.74) is 5.25. The lowest BCUT2D eigenvalue weighted by atomic mass is 10.1. The Bertz CT molecular complexity index is 397. The van der Waals surface area contributed by atoms with Crippen LogP contribution in [0.15, 0.2) is 17.5 Å². The van der Waals surface area contributed by atoms with Gasteiger partial charge in [0.05, 0.1) is 6.54 Å². The van der Waals surface area contributed by atoms with Crippen LogP contribution < -0.4 is 5.73 Å². The number of piperazine rings is 1. The molecule has 1 aromatic rings. The number of nitrogens with zero attached hydrogens (tertiary/aromatic N) is 2. The summed E-state index contributed by atoms with van der Waals surface area (Å²) >= 11 is 1.76. The predicted octanol–water partition coefficient (Wildman–Crippen LogP) is 0.102. The van der Waals surface area contributed by atoms with Crippen LogP contribution in [0.2, 0.25) is 0 Å². The minimum absolute atomic E-state index is 0.177. The van der Waals surface area contributed by atoms with Gasteiger partial charge in [-0.15, -0.1) is 11.3 Å². The summed E-state index contributed by atoms with van der Waals surface area (Å²) in [5, 5.41) is 11.3. The van der Waals surface area contributed by atoms with Crippen LogP contribution in [0, 0.1) is 0 Å². The van der Waals surface area contributed by atoms with E-state index in [1.54, 1.807) is 11.3 Å². The van der Waals surface area contributed by atoms with Gasteiger partial charge >= 0.3 is 0 Å². The van der Waals surface area contributed by atoms with E-state index >= 15 is 0 Å². The molecule has 0 spiro atoms. The van der Waals surface area contributed by atoms with E-state index in [1.807, 2.05) is 0 Å². The van der Waals surface area contributed by atoms with Crippen LogP contribution in [-0.4, -0.2) is 59.6 Å². The first kappa shape index (κ1) is 14.5. The fourth-order valence-corrected chi connectivity index (χ4v) is 3.28. The van der Waals surface area contributed by atoms with Crippen LogP contribution in [0.4, 0.5) is 0 Å². The molecule has 0 bridgehead atoms. The fraction of sp³-hybridized carbons (Fsp3) is 0.615. The second kappa shape index (κ2) is 7.00. The predicted molar refractivity (Wildman–Crippen MR) is 75.9 cm³/mol. The molecule has 0 aliphatic carbocycles. The fourth-order valence-electron chi connectivity index (χ4n) is 2.55. The van der Waals surface area contributed by atoms with Crippen molar-refractivity contribution in [3.63, 3.8) is 0 Å². The number of carbonyl (C=O) groups is 1. The molecule has 0 saturated carbocycles. The average Bonchev–Trinajstić information content (AvgIpc) is 2.85. The Morgan fingerprint density at radius 3 is 3.00 bits per heavy atom. The molecule has 5 nitrogen and oxygen atoms in total. The Morgan fingerprint density at radius 2 is 2.37 bits per heavy atom. The summed E-state index contributed by atoms with van der Waals surface area (Å²) < 4.78 is 0. The zero-order valence-electron chi connectivity index (χ0n) is 11.0. The largest absolute Gasteiger partial charge is 0.396 e. The van der Waals surface area contributed by atoms with Crippen molar-refractivity contribution in [1.29, 1.82) is 0 Å². The van der Waals surface area contributed by atoms with Crippen molar-refractivity contribution in [3.05, 3.63) is 22.4 Å². The van der Waals surface area contributed by atoms with Crippen molar-refractivity contribution < 1.29 is 9.90 Å². The molecule has 0 aromatic carbocycles. The van der Waals surface area contributed by atoms with E-state index in [1.165, 1.54) is 4.88 Å². The van der Waals surface area contributed by atoms with Gasteiger partial charge in [-0.3, -0.25) is 14.6 Å². The molecule has 19 heavy (non-hydrogen) atoms. The number of rotatable bonds is 6. The molecule has 0 radical (unpaired) electrons. The molecular formula is C13H21N3O2S. The number of amides is 1. The number of thiophene rings is 1. The lowest BCUT2D eigenvalue weighted by Crippen LogP contribution is -2.54. The van der Waals surface area contributed by atoms with Crippen LogP contribution >= 0.6 is 11.3 Å². The van der Waals surface area contributed by atoms with E-state index in [0.29, 0.717) is 12.6 Å². The van der Waals surface area contributed by atoms with Crippen LogP contribution in [0.3, 0.4) is 0 Å². The molecule has 1 fully saturated rings. The van der Waals surface area contributed by atoms with Gasteiger partial charge in [-0.2, -0.15) is 0 Å². The highest BCUT2D eigenvalue weighted by atomic mass is 32.1. The lowest BCUT2D eigenvalue weighted by molar-refractivity contribution is -0.119. The van der Waals surface area contributed by atoms with E-state index in [4.69, 9.17) is 5.73 Å². The molecule has 106 valence electrons. The molecule has 1 aliphatic rings. The molecule has 2 heterocycles. The number of nitrogens with two attached hydrogens (primary N) is 1. The SMILES string of the molecule is NC(=O)CN1CCN(Cc2cccs2)[C@H](CCO)C1. The highest BCUT2D eigenvalue weighted by Crippen LogP contribution is 2.18. The van der Waals surface area contributed by atoms with E-state index in [0.717, 1.165) is 32.6 Å². The molecular weight excluding hydrogens is 262 g/mol. The number of carbonyl (C=O) groups excluding carboxylic acids is 1. The van der Waals surface area contributed by atoms with Gasteiger partial charge in [0.25, 0.3) is 0 Å². The van der Waals surface area contributed by atoms with Gasteiger partial charge in [-0.25, -0.2) is 0 Å². The molecule has 3 N–H and O–H groups in total. The van der Waals surface area contributed by atoms with E-state index < -0.39 is 0 Å². The maximum atomic E-state index is 11.0. The Kier molecular flexibility index (Phi) is 5.33. The van der Waals surface area contributed by atoms with Gasteiger partial charge in [0.2, 0.25) is 5.91 Å². The summed E-state index contributed by atoms with van der Waals surface area (Å²) in [6, 6.07) is 4.49. The topological polar surface area (TPSA) is 69.8 Å². The monoisotopic (exact) mass is 283 g/mol. The number of aliphatic hydroxyl groups excluding tert-OH is 1. The maximum Gasteiger partial charge on any atom is 0.231 e. The third kappa shape index (κ3) is 4.28. The third-order valence-electron chi connectivity index (χ3n) is 3.47. The van der Waals surface area contributed by atoms with Gasteiger partial charge in [0, 0.05) is 43.7 Å². The van der Waals surface area contributed by atoms with Crippen molar-refractivity contribution >= 4 is 17.2 Å². The summed E-state index contributed by atoms with van der Waals surface area (Å²) in [6.45, 7) is 3.98. The molecule has 1 amide bonds. The normalized spacial score (nSPS) is 21.6. The van der Waals surface area contributed by atoms with Crippen molar-refractivity contribution in [3.8, 4) is 0 Å². The van der Waals surface area contributed by atoms with Crippen LogP contribution in [0.5, 0.6) is 0 Å². The van der Waals surface area contributed by atoms with E-state index in [9.17, 15) is 9.90 Å². The first-order valence-corrected chi connectivity index (χ1v) is 7.45. The Balaban J connectivity index is 1.94. The second-order valence-electron chi connectivity index (χ2n) is 4.92. The maximum absolute atomic E-state index is 11.0. The van der Waals surface area contributed by atoms with Gasteiger partial charge in [-0.1, -0.05) is 6.07 Å². The molecule has 1 aromatic heterocycles. The van der Waals surface area contributed by atoms with Crippen LogP contribution in [-0.2, 0) is 11.3 Å². The minimum Gasteiger partial charge on any atom is -0.396 e. The molecule has 1 saturated heterocycles. The quantitative estimate of drug-likeness (QED) is 0.777. The zero-order valence-corrected chi connectivity index (χ0v) is 11.8. The molecule has 0 unspecified atom stereocenters. The van der Waals surface area contributed by atoms with Crippen LogP contribution in [0.25, 0.3) is 0 Å². The number of hydrogen-bond acceptors (Lipinski definition) is 5. The van der Waals surface area contributed by atoms with Crippen molar-refractivity contribution in [2.45, 2.75) is 19.0 Å². The lowest BCUT2D eigenvalue weighted by Gasteiger charge is -2.40. The summed E-state index contributed by atoms with van der Waals surface area (Å²) in [6.07, 6.45) is 0.737. The Morgan fingerprint density at radius 1 is 1.53 bits per heavy atom. The first-order valence-electron chi connectivity index (χ1n) is 6.57. The van der Waals surface area contributed by atoms with Gasteiger partial charge < -0.3 is 10.8 Å². The van der Waals surface area contributed by atoms with E-state index in [2.05, 4.69) is 27.3 Å². The Hall–Kier alpha value is -0.950. The van der Waals surface area contributed by atoms with Crippen molar-refractivity contribution in [2.24, 2.45) is 5.73 Å².